The van der Waals surface area contributed by atoms with Crippen molar-refractivity contribution in [2.75, 3.05) is 13.2 Å². The van der Waals surface area contributed by atoms with Crippen LogP contribution >= 0.6 is 0 Å². The standard InChI is InChI=1S/C12H21N3O4/c1-12(2,3)11(18)15-6-4-5-8(15)10(17)14-19-7-9(13)16/h8H,4-7H2,1-3H3,(H2,13,16)(H,14,17). The van der Waals surface area contributed by atoms with Gasteiger partial charge in [0.05, 0.1) is 0 Å². The monoisotopic (exact) mass is 271 g/mol. The van der Waals surface area contributed by atoms with Crippen molar-refractivity contribution in [1.29, 1.82) is 0 Å². The first-order chi connectivity index (χ1) is 8.73. The Hall–Kier alpha value is -1.63. The van der Waals surface area contributed by atoms with Gasteiger partial charge in [0.15, 0.2) is 6.61 Å². The number of amides is 3. The Labute approximate surface area is 112 Å². The Morgan fingerprint density at radius 1 is 1.37 bits per heavy atom. The second-order valence-electron chi connectivity index (χ2n) is 5.63. The van der Waals surface area contributed by atoms with E-state index in [2.05, 4.69) is 10.3 Å². The molecule has 0 spiro atoms. The molecule has 1 heterocycles. The number of hydroxylamine groups is 1. The zero-order valence-electron chi connectivity index (χ0n) is 11.6. The average Bonchev–Trinajstić information content (AvgIpc) is 2.74. The highest BCUT2D eigenvalue weighted by molar-refractivity contribution is 5.89. The van der Waals surface area contributed by atoms with E-state index < -0.39 is 23.3 Å². The van der Waals surface area contributed by atoms with Crippen molar-refractivity contribution in [2.24, 2.45) is 11.1 Å². The van der Waals surface area contributed by atoms with Gasteiger partial charge >= 0.3 is 0 Å². The number of likely N-dealkylation sites (tertiary alicyclic amines) is 1. The number of nitrogens with two attached hydrogens (primary N) is 1. The summed E-state index contributed by atoms with van der Waals surface area (Å²) in [5.41, 5.74) is 6.51. The van der Waals surface area contributed by atoms with Crippen molar-refractivity contribution in [3.8, 4) is 0 Å². The van der Waals surface area contributed by atoms with Gasteiger partial charge in [-0.15, -0.1) is 0 Å². The number of rotatable bonds is 4. The van der Waals surface area contributed by atoms with E-state index in [0.717, 1.165) is 6.42 Å². The summed E-state index contributed by atoms with van der Waals surface area (Å²) in [6.45, 7) is 5.61. The highest BCUT2D eigenvalue weighted by Crippen LogP contribution is 2.25. The van der Waals surface area contributed by atoms with Gasteiger partial charge in [-0.3, -0.25) is 19.2 Å². The van der Waals surface area contributed by atoms with Gasteiger partial charge < -0.3 is 10.6 Å². The zero-order valence-corrected chi connectivity index (χ0v) is 11.6. The van der Waals surface area contributed by atoms with Gasteiger partial charge in [-0.25, -0.2) is 5.48 Å². The topological polar surface area (TPSA) is 102 Å². The summed E-state index contributed by atoms with van der Waals surface area (Å²) >= 11 is 0. The Bertz CT molecular complexity index is 376. The Balaban J connectivity index is 2.58. The molecule has 0 aromatic heterocycles. The van der Waals surface area contributed by atoms with Gasteiger partial charge in [0.2, 0.25) is 11.8 Å². The summed E-state index contributed by atoms with van der Waals surface area (Å²) in [5, 5.41) is 0. The first kappa shape index (κ1) is 15.4. The van der Waals surface area contributed by atoms with Crippen LogP contribution in [0.3, 0.4) is 0 Å². The minimum atomic E-state index is -0.672. The molecule has 108 valence electrons. The molecular formula is C12H21N3O4. The van der Waals surface area contributed by atoms with Crippen LogP contribution in [0.15, 0.2) is 0 Å². The molecule has 0 aromatic rings. The fraction of sp³-hybridized carbons (Fsp3) is 0.750. The van der Waals surface area contributed by atoms with Crippen molar-refractivity contribution < 1.29 is 19.2 Å². The van der Waals surface area contributed by atoms with Crippen molar-refractivity contribution in [3.05, 3.63) is 0 Å². The van der Waals surface area contributed by atoms with Crippen molar-refractivity contribution in [1.82, 2.24) is 10.4 Å². The quantitative estimate of drug-likeness (QED) is 0.676. The molecule has 3 amide bonds. The molecule has 0 aliphatic carbocycles. The minimum absolute atomic E-state index is 0.0694. The van der Waals surface area contributed by atoms with E-state index >= 15 is 0 Å². The number of primary amides is 1. The normalized spacial score (nSPS) is 19.3. The van der Waals surface area contributed by atoms with E-state index in [1.807, 2.05) is 20.8 Å². The molecular weight excluding hydrogens is 250 g/mol. The molecule has 1 unspecified atom stereocenters. The van der Waals surface area contributed by atoms with E-state index in [-0.39, 0.29) is 12.5 Å². The predicted octanol–water partition coefficient (Wildman–Crippen LogP) is -0.443. The Morgan fingerprint density at radius 2 is 2.00 bits per heavy atom. The smallest absolute Gasteiger partial charge is 0.266 e. The van der Waals surface area contributed by atoms with Crippen LogP contribution in [-0.2, 0) is 19.2 Å². The second kappa shape index (κ2) is 6.01. The average molecular weight is 271 g/mol. The fourth-order valence-corrected chi connectivity index (χ4v) is 1.96. The SMILES string of the molecule is CC(C)(C)C(=O)N1CCCC1C(=O)NOCC(N)=O. The third-order valence-electron chi connectivity index (χ3n) is 2.85. The Kier molecular flexibility index (Phi) is 4.88. The van der Waals surface area contributed by atoms with Gasteiger partial charge in [0, 0.05) is 12.0 Å². The molecule has 1 fully saturated rings. The fourth-order valence-electron chi connectivity index (χ4n) is 1.96. The molecule has 7 nitrogen and oxygen atoms in total. The van der Waals surface area contributed by atoms with E-state index in [1.165, 1.54) is 0 Å². The maximum Gasteiger partial charge on any atom is 0.266 e. The molecule has 0 bridgehead atoms. The van der Waals surface area contributed by atoms with Crippen molar-refractivity contribution in [2.45, 2.75) is 39.7 Å². The van der Waals surface area contributed by atoms with Crippen LogP contribution in [0.5, 0.6) is 0 Å². The number of carbonyl (C=O) groups is 3. The molecule has 1 atom stereocenters. The number of nitrogens with one attached hydrogen (secondary N) is 1. The van der Waals surface area contributed by atoms with Crippen LogP contribution in [0.25, 0.3) is 0 Å². The van der Waals surface area contributed by atoms with Crippen LogP contribution in [0.2, 0.25) is 0 Å². The molecule has 7 heteroatoms. The van der Waals surface area contributed by atoms with Gasteiger partial charge in [-0.05, 0) is 12.8 Å². The predicted molar refractivity (Wildman–Crippen MR) is 67.5 cm³/mol. The van der Waals surface area contributed by atoms with E-state index in [9.17, 15) is 14.4 Å². The maximum atomic E-state index is 12.2. The van der Waals surface area contributed by atoms with E-state index in [0.29, 0.717) is 13.0 Å². The molecule has 0 saturated carbocycles. The van der Waals surface area contributed by atoms with Crippen LogP contribution in [0.4, 0.5) is 0 Å². The minimum Gasteiger partial charge on any atom is -0.368 e. The molecule has 1 rings (SSSR count). The summed E-state index contributed by atoms with van der Waals surface area (Å²) in [6.07, 6.45) is 1.36. The summed E-state index contributed by atoms with van der Waals surface area (Å²) in [7, 11) is 0. The molecule has 0 radical (unpaired) electrons. The van der Waals surface area contributed by atoms with Crippen LogP contribution in [-0.4, -0.2) is 41.8 Å². The maximum absolute atomic E-state index is 12.2. The number of nitrogens with zero attached hydrogens (tertiary/aromatic N) is 1. The first-order valence-electron chi connectivity index (χ1n) is 6.24. The Morgan fingerprint density at radius 3 is 2.53 bits per heavy atom. The summed E-state index contributed by atoms with van der Waals surface area (Å²) in [5.74, 6) is -1.16. The highest BCUT2D eigenvalue weighted by atomic mass is 16.7. The molecule has 1 aliphatic rings. The molecule has 0 aromatic carbocycles. The lowest BCUT2D eigenvalue weighted by Crippen LogP contribution is -2.49. The molecule has 19 heavy (non-hydrogen) atoms. The number of hydrogen-bond acceptors (Lipinski definition) is 4. The number of carbonyl (C=O) groups excluding carboxylic acids is 3. The van der Waals surface area contributed by atoms with Crippen molar-refractivity contribution in [3.63, 3.8) is 0 Å². The van der Waals surface area contributed by atoms with Gasteiger partial charge in [0.1, 0.15) is 6.04 Å². The summed E-state index contributed by atoms with van der Waals surface area (Å²) in [6, 6.07) is -0.542. The molecule has 1 saturated heterocycles. The summed E-state index contributed by atoms with van der Waals surface area (Å²) < 4.78 is 0. The number of hydrogen-bond donors (Lipinski definition) is 2. The molecule has 3 N–H and O–H groups in total. The second-order valence-corrected chi connectivity index (χ2v) is 5.63. The van der Waals surface area contributed by atoms with Crippen LogP contribution < -0.4 is 11.2 Å². The highest BCUT2D eigenvalue weighted by Gasteiger charge is 2.38. The first-order valence-corrected chi connectivity index (χ1v) is 6.24. The van der Waals surface area contributed by atoms with Gasteiger partial charge in [-0.1, -0.05) is 20.8 Å². The third-order valence-corrected chi connectivity index (χ3v) is 2.85. The van der Waals surface area contributed by atoms with Gasteiger partial charge in [-0.2, -0.15) is 0 Å². The lowest BCUT2D eigenvalue weighted by atomic mass is 9.94. The lowest BCUT2D eigenvalue weighted by molar-refractivity contribution is -0.150. The van der Waals surface area contributed by atoms with E-state index in [4.69, 9.17) is 5.73 Å². The zero-order chi connectivity index (χ0) is 14.6. The lowest BCUT2D eigenvalue weighted by Gasteiger charge is -2.29. The van der Waals surface area contributed by atoms with Crippen LogP contribution in [0.1, 0.15) is 33.6 Å². The largest absolute Gasteiger partial charge is 0.368 e. The summed E-state index contributed by atoms with van der Waals surface area (Å²) in [4.78, 5) is 40.8. The van der Waals surface area contributed by atoms with Crippen molar-refractivity contribution >= 4 is 17.7 Å². The third kappa shape index (κ3) is 4.20. The van der Waals surface area contributed by atoms with Gasteiger partial charge in [0.25, 0.3) is 5.91 Å². The van der Waals surface area contributed by atoms with Crippen LogP contribution in [0, 0.1) is 5.41 Å². The van der Waals surface area contributed by atoms with E-state index in [1.54, 1.807) is 4.90 Å². The molecule has 1 aliphatic heterocycles.